The van der Waals surface area contributed by atoms with Crippen LogP contribution in [-0.2, 0) is 4.74 Å². The highest BCUT2D eigenvalue weighted by atomic mass is 16.5. The van der Waals surface area contributed by atoms with Gasteiger partial charge in [-0.2, -0.15) is 0 Å². The molecule has 2 aromatic rings. The minimum atomic E-state index is -0.413. The molecule has 0 aliphatic rings. The van der Waals surface area contributed by atoms with Crippen LogP contribution < -0.4 is 4.74 Å². The van der Waals surface area contributed by atoms with E-state index in [1.165, 1.54) is 14.2 Å². The number of aldehydes is 1. The lowest BCUT2D eigenvalue weighted by Crippen LogP contribution is -2.03. The Balaban J connectivity index is 2.57. The fourth-order valence-electron chi connectivity index (χ4n) is 2.02. The second kappa shape index (κ2) is 6.02. The zero-order chi connectivity index (χ0) is 14.5. The van der Waals surface area contributed by atoms with Gasteiger partial charge in [-0.05, 0) is 29.3 Å². The van der Waals surface area contributed by atoms with E-state index in [0.29, 0.717) is 22.4 Å². The van der Waals surface area contributed by atoms with Gasteiger partial charge in [0, 0.05) is 0 Å². The second-order valence-electron chi connectivity index (χ2n) is 4.11. The van der Waals surface area contributed by atoms with E-state index < -0.39 is 5.97 Å². The molecule has 2 rings (SSSR count). The maximum absolute atomic E-state index is 11.8. The molecule has 0 aliphatic carbocycles. The van der Waals surface area contributed by atoms with Crippen molar-refractivity contribution in [1.29, 1.82) is 0 Å². The summed E-state index contributed by atoms with van der Waals surface area (Å²) in [5.74, 6) is 0.0865. The first kappa shape index (κ1) is 13.8. The quantitative estimate of drug-likeness (QED) is 0.633. The van der Waals surface area contributed by atoms with E-state index in [-0.39, 0.29) is 0 Å². The average molecular weight is 270 g/mol. The number of carbonyl (C=O) groups excluding carboxylic acids is 2. The van der Waals surface area contributed by atoms with E-state index >= 15 is 0 Å². The van der Waals surface area contributed by atoms with Gasteiger partial charge in [-0.1, -0.05) is 24.3 Å². The van der Waals surface area contributed by atoms with Crippen molar-refractivity contribution < 1.29 is 19.1 Å². The summed E-state index contributed by atoms with van der Waals surface area (Å²) in [5.41, 5.74) is 2.36. The second-order valence-corrected chi connectivity index (χ2v) is 4.11. The van der Waals surface area contributed by atoms with Crippen molar-refractivity contribution in [1.82, 2.24) is 0 Å². The molecule has 20 heavy (non-hydrogen) atoms. The van der Waals surface area contributed by atoms with E-state index in [1.54, 1.807) is 30.3 Å². The largest absolute Gasteiger partial charge is 0.496 e. The zero-order valence-corrected chi connectivity index (χ0v) is 11.3. The van der Waals surface area contributed by atoms with Gasteiger partial charge in [-0.15, -0.1) is 0 Å². The topological polar surface area (TPSA) is 52.6 Å². The monoisotopic (exact) mass is 270 g/mol. The van der Waals surface area contributed by atoms with Crippen molar-refractivity contribution in [2.75, 3.05) is 14.2 Å². The summed E-state index contributed by atoms with van der Waals surface area (Å²) in [6.45, 7) is 0. The molecule has 0 unspecified atom stereocenters. The SMILES string of the molecule is COC(=O)c1ccccc1-c1ccc(OC)c(C=O)c1. The first-order valence-electron chi connectivity index (χ1n) is 6.02. The molecular weight excluding hydrogens is 256 g/mol. The van der Waals surface area contributed by atoms with Crippen LogP contribution in [0.4, 0.5) is 0 Å². The molecule has 0 atom stereocenters. The van der Waals surface area contributed by atoms with Gasteiger partial charge in [-0.3, -0.25) is 4.79 Å². The molecular formula is C16H14O4. The van der Waals surface area contributed by atoms with Crippen molar-refractivity contribution in [3.05, 3.63) is 53.6 Å². The maximum atomic E-state index is 11.8. The molecule has 0 fully saturated rings. The zero-order valence-electron chi connectivity index (χ0n) is 11.3. The van der Waals surface area contributed by atoms with Crippen molar-refractivity contribution in [2.24, 2.45) is 0 Å². The number of hydrogen-bond donors (Lipinski definition) is 0. The predicted molar refractivity (Wildman–Crippen MR) is 75.2 cm³/mol. The molecule has 102 valence electrons. The summed E-state index contributed by atoms with van der Waals surface area (Å²) >= 11 is 0. The van der Waals surface area contributed by atoms with Crippen LogP contribution in [0.3, 0.4) is 0 Å². The number of carbonyl (C=O) groups is 2. The van der Waals surface area contributed by atoms with E-state index in [1.807, 2.05) is 12.1 Å². The Kier molecular flexibility index (Phi) is 4.15. The molecule has 0 amide bonds. The molecule has 0 saturated heterocycles. The molecule has 4 nitrogen and oxygen atoms in total. The summed E-state index contributed by atoms with van der Waals surface area (Å²) in [6.07, 6.45) is 0.725. The van der Waals surface area contributed by atoms with Gasteiger partial charge >= 0.3 is 5.97 Å². The highest BCUT2D eigenvalue weighted by molar-refractivity contribution is 5.97. The molecule has 0 bridgehead atoms. The van der Waals surface area contributed by atoms with E-state index in [2.05, 4.69) is 0 Å². The van der Waals surface area contributed by atoms with Crippen LogP contribution in [0.2, 0.25) is 0 Å². The minimum Gasteiger partial charge on any atom is -0.496 e. The van der Waals surface area contributed by atoms with Crippen molar-refractivity contribution in [2.45, 2.75) is 0 Å². The van der Waals surface area contributed by atoms with E-state index in [0.717, 1.165) is 11.8 Å². The summed E-state index contributed by atoms with van der Waals surface area (Å²) in [4.78, 5) is 22.8. The number of rotatable bonds is 4. The number of hydrogen-bond acceptors (Lipinski definition) is 4. The molecule has 0 radical (unpaired) electrons. The van der Waals surface area contributed by atoms with Gasteiger partial charge in [0.25, 0.3) is 0 Å². The van der Waals surface area contributed by atoms with Gasteiger partial charge in [0.1, 0.15) is 5.75 Å². The van der Waals surface area contributed by atoms with Crippen molar-refractivity contribution in [3.8, 4) is 16.9 Å². The van der Waals surface area contributed by atoms with Crippen LogP contribution in [-0.4, -0.2) is 26.5 Å². The standard InChI is InChI=1S/C16H14O4/c1-19-15-8-7-11(9-12(15)10-17)13-5-3-4-6-14(13)16(18)20-2/h3-10H,1-2H3. The fourth-order valence-corrected chi connectivity index (χ4v) is 2.02. The summed E-state index contributed by atoms with van der Waals surface area (Å²) in [5, 5.41) is 0. The molecule has 0 spiro atoms. The van der Waals surface area contributed by atoms with Gasteiger partial charge < -0.3 is 9.47 Å². The highest BCUT2D eigenvalue weighted by Crippen LogP contribution is 2.28. The third-order valence-electron chi connectivity index (χ3n) is 3.00. The third-order valence-corrected chi connectivity index (χ3v) is 3.00. The summed E-state index contributed by atoms with van der Waals surface area (Å²) in [6, 6.07) is 12.3. The Morgan fingerprint density at radius 3 is 2.50 bits per heavy atom. The Labute approximate surface area is 116 Å². The molecule has 0 aromatic heterocycles. The van der Waals surface area contributed by atoms with Gasteiger partial charge in [0.2, 0.25) is 0 Å². The molecule has 0 N–H and O–H groups in total. The van der Waals surface area contributed by atoms with Crippen LogP contribution in [0.25, 0.3) is 11.1 Å². The molecule has 0 aliphatic heterocycles. The third kappa shape index (κ3) is 2.54. The highest BCUT2D eigenvalue weighted by Gasteiger charge is 2.13. The number of benzene rings is 2. The fraction of sp³-hybridized carbons (Fsp3) is 0.125. The maximum Gasteiger partial charge on any atom is 0.338 e. The summed E-state index contributed by atoms with van der Waals surface area (Å²) in [7, 11) is 2.84. The number of ether oxygens (including phenoxy) is 2. The van der Waals surface area contributed by atoms with Crippen LogP contribution >= 0.6 is 0 Å². The lowest BCUT2D eigenvalue weighted by Gasteiger charge is -2.10. The molecule has 2 aromatic carbocycles. The lowest BCUT2D eigenvalue weighted by molar-refractivity contribution is 0.0601. The first-order valence-corrected chi connectivity index (χ1v) is 6.02. The van der Waals surface area contributed by atoms with Crippen LogP contribution in [0, 0.1) is 0 Å². The molecule has 0 heterocycles. The van der Waals surface area contributed by atoms with E-state index in [4.69, 9.17) is 9.47 Å². The number of esters is 1. The van der Waals surface area contributed by atoms with Crippen molar-refractivity contribution >= 4 is 12.3 Å². The molecule has 4 heteroatoms. The van der Waals surface area contributed by atoms with E-state index in [9.17, 15) is 9.59 Å². The van der Waals surface area contributed by atoms with Crippen LogP contribution in [0.1, 0.15) is 20.7 Å². The number of methoxy groups -OCH3 is 2. The van der Waals surface area contributed by atoms with Crippen LogP contribution in [0.5, 0.6) is 5.75 Å². The Morgan fingerprint density at radius 1 is 1.10 bits per heavy atom. The van der Waals surface area contributed by atoms with Gasteiger partial charge in [0.05, 0.1) is 25.3 Å². The minimum absolute atomic E-state index is 0.413. The van der Waals surface area contributed by atoms with Gasteiger partial charge in [-0.25, -0.2) is 4.79 Å². The van der Waals surface area contributed by atoms with Crippen LogP contribution in [0.15, 0.2) is 42.5 Å². The van der Waals surface area contributed by atoms with Gasteiger partial charge in [0.15, 0.2) is 6.29 Å². The average Bonchev–Trinajstić information content (AvgIpc) is 2.53. The van der Waals surface area contributed by atoms with Crippen molar-refractivity contribution in [3.63, 3.8) is 0 Å². The smallest absolute Gasteiger partial charge is 0.338 e. The Morgan fingerprint density at radius 2 is 1.85 bits per heavy atom. The lowest BCUT2D eigenvalue weighted by atomic mass is 9.98. The Hall–Kier alpha value is -2.62. The molecule has 0 saturated carbocycles. The normalized spacial score (nSPS) is 9.90. The Bertz CT molecular complexity index is 647. The first-order chi connectivity index (χ1) is 9.71. The predicted octanol–water partition coefficient (Wildman–Crippen LogP) is 2.96. The summed E-state index contributed by atoms with van der Waals surface area (Å²) < 4.78 is 9.87.